The highest BCUT2D eigenvalue weighted by Crippen LogP contribution is 2.16. The van der Waals surface area contributed by atoms with E-state index in [-0.39, 0.29) is 5.82 Å². The third kappa shape index (κ3) is 4.81. The quantitative estimate of drug-likeness (QED) is 0.667. The van der Waals surface area contributed by atoms with Crippen LogP contribution in [0.5, 0.6) is 0 Å². The Labute approximate surface area is 140 Å². The van der Waals surface area contributed by atoms with Crippen LogP contribution in [0.15, 0.2) is 53.6 Å². The van der Waals surface area contributed by atoms with Crippen molar-refractivity contribution >= 4 is 23.7 Å². The van der Waals surface area contributed by atoms with Gasteiger partial charge in [0.15, 0.2) is 0 Å². The van der Waals surface area contributed by atoms with E-state index < -0.39 is 0 Å². The minimum absolute atomic E-state index is 0.160. The molecule has 3 rings (SSSR count). The first kappa shape index (κ1) is 16.0. The maximum absolute atomic E-state index is 14.2. The van der Waals surface area contributed by atoms with Crippen molar-refractivity contribution in [1.29, 1.82) is 0 Å². The molecule has 0 aromatic heterocycles. The van der Waals surface area contributed by atoms with Gasteiger partial charge in [0.25, 0.3) is 0 Å². The molecule has 2 aromatic rings. The minimum Gasteiger partial charge on any atom is -0.297 e. The van der Waals surface area contributed by atoms with Crippen molar-refractivity contribution in [3.05, 3.63) is 65.5 Å². The number of hydrazone groups is 1. The van der Waals surface area contributed by atoms with Gasteiger partial charge in [0.1, 0.15) is 5.82 Å². The average Bonchev–Trinajstić information content (AvgIpc) is 2.59. The van der Waals surface area contributed by atoms with Crippen LogP contribution in [0.1, 0.15) is 11.1 Å². The van der Waals surface area contributed by atoms with E-state index in [4.69, 9.17) is 0 Å². The Morgan fingerprint density at radius 3 is 2.65 bits per heavy atom. The molecule has 5 heteroatoms. The van der Waals surface area contributed by atoms with Crippen molar-refractivity contribution in [1.82, 2.24) is 4.90 Å². The van der Waals surface area contributed by atoms with E-state index in [1.54, 1.807) is 12.3 Å². The molecule has 1 N–H and O–H groups in total. The second-order valence-electron chi connectivity index (χ2n) is 5.48. The lowest BCUT2D eigenvalue weighted by molar-refractivity contribution is 0.290. The first-order valence-electron chi connectivity index (χ1n) is 7.74. The molecule has 3 nitrogen and oxygen atoms in total. The van der Waals surface area contributed by atoms with Gasteiger partial charge in [0, 0.05) is 36.7 Å². The van der Waals surface area contributed by atoms with Crippen LogP contribution < -0.4 is 5.43 Å². The Balaban J connectivity index is 1.59. The van der Waals surface area contributed by atoms with Crippen molar-refractivity contribution < 1.29 is 4.39 Å². The summed E-state index contributed by atoms with van der Waals surface area (Å²) >= 11 is 1.96. The predicted octanol–water partition coefficient (Wildman–Crippen LogP) is 3.82. The van der Waals surface area contributed by atoms with Gasteiger partial charge >= 0.3 is 0 Å². The maximum Gasteiger partial charge on any atom is 0.128 e. The first-order chi connectivity index (χ1) is 11.3. The lowest BCUT2D eigenvalue weighted by Gasteiger charge is -2.26. The highest BCUT2D eigenvalue weighted by Gasteiger charge is 2.13. The van der Waals surface area contributed by atoms with Gasteiger partial charge in [-0.1, -0.05) is 30.3 Å². The van der Waals surface area contributed by atoms with Gasteiger partial charge in [-0.25, -0.2) is 4.39 Å². The van der Waals surface area contributed by atoms with Crippen LogP contribution in [-0.2, 0) is 6.54 Å². The van der Waals surface area contributed by atoms with Crippen molar-refractivity contribution in [2.75, 3.05) is 30.0 Å². The lowest BCUT2D eigenvalue weighted by atomic mass is 10.1. The molecular formula is C18H20FN3S. The van der Waals surface area contributed by atoms with Gasteiger partial charge < -0.3 is 0 Å². The molecule has 0 atom stereocenters. The zero-order chi connectivity index (χ0) is 15.9. The number of nitrogens with zero attached hydrogens (tertiary/aromatic N) is 2. The van der Waals surface area contributed by atoms with Crippen LogP contribution >= 0.6 is 11.8 Å². The van der Waals surface area contributed by atoms with Crippen LogP contribution in [-0.4, -0.2) is 35.7 Å². The monoisotopic (exact) mass is 329 g/mol. The molecule has 1 saturated heterocycles. The highest BCUT2D eigenvalue weighted by molar-refractivity contribution is 7.99. The van der Waals surface area contributed by atoms with E-state index in [1.807, 2.05) is 54.2 Å². The average molecular weight is 329 g/mol. The van der Waals surface area contributed by atoms with Gasteiger partial charge in [-0.2, -0.15) is 16.9 Å². The van der Waals surface area contributed by atoms with Crippen LogP contribution in [0.3, 0.4) is 0 Å². The number of rotatable bonds is 5. The normalized spacial score (nSPS) is 15.9. The highest BCUT2D eigenvalue weighted by atomic mass is 32.2. The Morgan fingerprint density at radius 1 is 1.13 bits per heavy atom. The smallest absolute Gasteiger partial charge is 0.128 e. The molecule has 0 bridgehead atoms. The fourth-order valence-corrected chi connectivity index (χ4v) is 3.45. The Bertz CT molecular complexity index is 655. The molecular weight excluding hydrogens is 309 g/mol. The van der Waals surface area contributed by atoms with Crippen molar-refractivity contribution in [2.45, 2.75) is 6.54 Å². The van der Waals surface area contributed by atoms with E-state index in [2.05, 4.69) is 15.4 Å². The molecule has 1 heterocycles. The zero-order valence-corrected chi connectivity index (χ0v) is 13.7. The standard InChI is InChI=1S/C18H20FN3S/c19-18-12-15(13-20-21-17-4-2-1-3-5-17)6-7-16(18)14-22-8-10-23-11-9-22/h1-7,12-13,21H,8-11,14H2. The summed E-state index contributed by atoms with van der Waals surface area (Å²) in [5, 5.41) is 4.14. The molecule has 0 amide bonds. The summed E-state index contributed by atoms with van der Waals surface area (Å²) in [7, 11) is 0. The van der Waals surface area contributed by atoms with Gasteiger partial charge in [-0.15, -0.1) is 0 Å². The van der Waals surface area contributed by atoms with E-state index in [9.17, 15) is 4.39 Å². The summed E-state index contributed by atoms with van der Waals surface area (Å²) in [5.41, 5.74) is 5.34. The maximum atomic E-state index is 14.2. The number of thioether (sulfide) groups is 1. The topological polar surface area (TPSA) is 27.6 Å². The number of hydrogen-bond acceptors (Lipinski definition) is 4. The molecule has 0 radical (unpaired) electrons. The second kappa shape index (κ2) is 8.13. The number of para-hydroxylation sites is 1. The Morgan fingerprint density at radius 2 is 1.91 bits per heavy atom. The predicted molar refractivity (Wildman–Crippen MR) is 96.7 cm³/mol. The van der Waals surface area contributed by atoms with Crippen LogP contribution in [0.25, 0.3) is 0 Å². The molecule has 2 aromatic carbocycles. The van der Waals surface area contributed by atoms with Crippen molar-refractivity contribution in [3.8, 4) is 0 Å². The molecule has 1 aliphatic heterocycles. The van der Waals surface area contributed by atoms with E-state index in [0.717, 1.165) is 41.4 Å². The third-order valence-electron chi connectivity index (χ3n) is 3.76. The Hall–Kier alpha value is -1.85. The SMILES string of the molecule is Fc1cc(C=NNc2ccccc2)ccc1CN1CCSCC1. The molecule has 0 aliphatic carbocycles. The molecule has 120 valence electrons. The summed E-state index contributed by atoms with van der Waals surface area (Å²) in [6.07, 6.45) is 1.64. The molecule has 1 fully saturated rings. The number of halogens is 1. The minimum atomic E-state index is -0.160. The fourth-order valence-electron chi connectivity index (χ4n) is 2.47. The molecule has 0 spiro atoms. The largest absolute Gasteiger partial charge is 0.297 e. The van der Waals surface area contributed by atoms with E-state index in [1.165, 1.54) is 0 Å². The molecule has 1 aliphatic rings. The zero-order valence-electron chi connectivity index (χ0n) is 12.9. The van der Waals surface area contributed by atoms with E-state index >= 15 is 0 Å². The van der Waals surface area contributed by atoms with Gasteiger partial charge in [0.05, 0.1) is 11.9 Å². The van der Waals surface area contributed by atoms with Crippen LogP contribution in [0.4, 0.5) is 10.1 Å². The van der Waals surface area contributed by atoms with Crippen molar-refractivity contribution in [3.63, 3.8) is 0 Å². The number of benzene rings is 2. The van der Waals surface area contributed by atoms with Gasteiger partial charge in [-0.3, -0.25) is 10.3 Å². The summed E-state index contributed by atoms with van der Waals surface area (Å²) in [5.74, 6) is 2.11. The second-order valence-corrected chi connectivity index (χ2v) is 6.70. The number of hydrogen-bond donors (Lipinski definition) is 1. The number of anilines is 1. The lowest BCUT2D eigenvalue weighted by Crippen LogP contribution is -2.32. The summed E-state index contributed by atoms with van der Waals surface area (Å²) < 4.78 is 14.2. The van der Waals surface area contributed by atoms with Crippen molar-refractivity contribution in [2.24, 2.45) is 5.10 Å². The third-order valence-corrected chi connectivity index (χ3v) is 4.70. The molecule has 0 unspecified atom stereocenters. The molecule has 0 saturated carbocycles. The van der Waals surface area contributed by atoms with Gasteiger partial charge in [-0.05, 0) is 23.8 Å². The first-order valence-corrected chi connectivity index (χ1v) is 8.89. The fraction of sp³-hybridized carbons (Fsp3) is 0.278. The van der Waals surface area contributed by atoms with Gasteiger partial charge in [0.2, 0.25) is 0 Å². The summed E-state index contributed by atoms with van der Waals surface area (Å²) in [6.45, 7) is 2.76. The summed E-state index contributed by atoms with van der Waals surface area (Å²) in [4.78, 5) is 2.31. The van der Waals surface area contributed by atoms with Crippen LogP contribution in [0.2, 0.25) is 0 Å². The molecule has 23 heavy (non-hydrogen) atoms. The van der Waals surface area contributed by atoms with Crippen LogP contribution in [0, 0.1) is 5.82 Å². The summed E-state index contributed by atoms with van der Waals surface area (Å²) in [6, 6.07) is 15.0. The number of nitrogens with one attached hydrogen (secondary N) is 1. The Kier molecular flexibility index (Phi) is 5.66. The van der Waals surface area contributed by atoms with E-state index in [0.29, 0.717) is 6.54 Å².